The van der Waals surface area contributed by atoms with E-state index in [0.29, 0.717) is 16.7 Å². The van der Waals surface area contributed by atoms with Gasteiger partial charge in [0, 0.05) is 0 Å². The summed E-state index contributed by atoms with van der Waals surface area (Å²) in [6.45, 7) is 1.66. The zero-order valence-corrected chi connectivity index (χ0v) is 16.4. The Bertz CT molecular complexity index is 1040. The van der Waals surface area contributed by atoms with Crippen molar-refractivity contribution in [2.24, 2.45) is 0 Å². The zero-order valence-electron chi connectivity index (χ0n) is 16.4. The van der Waals surface area contributed by atoms with Crippen LogP contribution in [-0.4, -0.2) is 18.7 Å². The molecule has 1 aliphatic rings. The van der Waals surface area contributed by atoms with Crippen LogP contribution in [0.2, 0.25) is 0 Å². The van der Waals surface area contributed by atoms with Crippen LogP contribution >= 0.6 is 0 Å². The van der Waals surface area contributed by atoms with Gasteiger partial charge in [0.25, 0.3) is 0 Å². The lowest BCUT2D eigenvalue weighted by atomic mass is 9.98. The van der Waals surface area contributed by atoms with Crippen molar-refractivity contribution in [2.75, 3.05) is 6.61 Å². The van der Waals surface area contributed by atoms with E-state index in [1.807, 2.05) is 13.0 Å². The normalized spacial score (nSPS) is 14.8. The molecule has 0 amide bonds. The van der Waals surface area contributed by atoms with Crippen molar-refractivity contribution >= 4 is 16.9 Å². The van der Waals surface area contributed by atoms with E-state index in [2.05, 4.69) is 0 Å². The molecule has 152 valence electrons. The maximum atomic E-state index is 13.1. The monoisotopic (exact) mass is 396 g/mol. The molecule has 6 heteroatoms. The van der Waals surface area contributed by atoms with E-state index in [1.54, 1.807) is 24.3 Å². The second kappa shape index (κ2) is 8.55. The van der Waals surface area contributed by atoms with Gasteiger partial charge in [-0.3, -0.25) is 4.79 Å². The van der Waals surface area contributed by atoms with Crippen molar-refractivity contribution in [3.8, 4) is 17.3 Å². The van der Waals surface area contributed by atoms with Gasteiger partial charge >= 0.3 is 5.97 Å². The minimum Gasteiger partial charge on any atom is -0.474 e. The molecule has 2 heterocycles. The summed E-state index contributed by atoms with van der Waals surface area (Å²) in [6.07, 6.45) is 7.27. The molecule has 0 spiro atoms. The molecule has 0 atom stereocenters. The van der Waals surface area contributed by atoms with Crippen LogP contribution in [0.25, 0.3) is 22.5 Å². The Morgan fingerprint density at radius 2 is 2.00 bits per heavy atom. The molecular formula is C23H24O6. The van der Waals surface area contributed by atoms with E-state index < -0.39 is 5.97 Å². The summed E-state index contributed by atoms with van der Waals surface area (Å²) in [4.78, 5) is 25.4. The third kappa shape index (κ3) is 4.21. The van der Waals surface area contributed by atoms with Crippen LogP contribution in [0.5, 0.6) is 5.75 Å². The molecule has 2 aromatic heterocycles. The fourth-order valence-corrected chi connectivity index (χ4v) is 3.68. The first-order valence-corrected chi connectivity index (χ1v) is 10.1. The van der Waals surface area contributed by atoms with Crippen molar-refractivity contribution in [3.63, 3.8) is 0 Å². The highest BCUT2D eigenvalue weighted by Gasteiger charge is 2.22. The quantitative estimate of drug-likeness (QED) is 0.553. The molecule has 0 radical (unpaired) electrons. The largest absolute Gasteiger partial charge is 0.474 e. The molecule has 0 unspecified atom stereocenters. The minimum absolute atomic E-state index is 0.0405. The number of esters is 1. The second-order valence-electron chi connectivity index (χ2n) is 7.29. The summed E-state index contributed by atoms with van der Waals surface area (Å²) in [5.41, 5.74) is 1.12. The highest BCUT2D eigenvalue weighted by atomic mass is 16.6. The number of benzene rings is 1. The molecule has 1 fully saturated rings. The van der Waals surface area contributed by atoms with E-state index >= 15 is 0 Å². The van der Waals surface area contributed by atoms with Gasteiger partial charge in [0.1, 0.15) is 11.7 Å². The van der Waals surface area contributed by atoms with Crippen LogP contribution in [0.15, 0.2) is 50.2 Å². The lowest BCUT2D eigenvalue weighted by Gasteiger charge is -2.21. The molecule has 0 saturated heterocycles. The molecular weight excluding hydrogens is 372 g/mol. The summed E-state index contributed by atoms with van der Waals surface area (Å²) < 4.78 is 22.5. The number of carbonyl (C=O) groups is 1. The van der Waals surface area contributed by atoms with E-state index in [9.17, 15) is 9.59 Å². The number of aryl methyl sites for hydroxylation is 1. The Morgan fingerprint density at radius 1 is 1.17 bits per heavy atom. The number of carbonyl (C=O) groups excluding carboxylic acids is 1. The summed E-state index contributed by atoms with van der Waals surface area (Å²) in [7, 11) is 0. The minimum atomic E-state index is -0.482. The average molecular weight is 396 g/mol. The van der Waals surface area contributed by atoms with Crippen LogP contribution in [0.1, 0.15) is 44.6 Å². The molecule has 29 heavy (non-hydrogen) atoms. The molecule has 6 nitrogen and oxygen atoms in total. The van der Waals surface area contributed by atoms with Crippen LogP contribution in [-0.2, 0) is 16.0 Å². The number of hydrogen-bond donors (Lipinski definition) is 0. The smallest absolute Gasteiger partial charge is 0.344 e. The van der Waals surface area contributed by atoms with Crippen molar-refractivity contribution in [1.82, 2.24) is 0 Å². The Morgan fingerprint density at radius 3 is 2.72 bits per heavy atom. The summed E-state index contributed by atoms with van der Waals surface area (Å²) in [5, 5.41) is 0.412. The molecule has 4 rings (SSSR count). The van der Waals surface area contributed by atoms with Gasteiger partial charge in [-0.15, -0.1) is 0 Å². The molecule has 1 aromatic carbocycles. The molecule has 0 bridgehead atoms. The van der Waals surface area contributed by atoms with Gasteiger partial charge in [-0.05, 0) is 61.9 Å². The van der Waals surface area contributed by atoms with Crippen LogP contribution in [0.3, 0.4) is 0 Å². The Balaban J connectivity index is 1.63. The van der Waals surface area contributed by atoms with Crippen molar-refractivity contribution in [2.45, 2.75) is 51.6 Å². The fourth-order valence-electron chi connectivity index (χ4n) is 3.68. The highest BCUT2D eigenvalue weighted by molar-refractivity contribution is 5.82. The third-order valence-electron chi connectivity index (χ3n) is 5.25. The number of furan rings is 1. The van der Waals surface area contributed by atoms with E-state index in [0.717, 1.165) is 37.7 Å². The number of rotatable bonds is 6. The van der Waals surface area contributed by atoms with Gasteiger partial charge in [0.15, 0.2) is 12.4 Å². The zero-order chi connectivity index (χ0) is 20.2. The number of ether oxygens (including phenoxy) is 2. The summed E-state index contributed by atoms with van der Waals surface area (Å²) in [5.74, 6) is 0.00632. The molecule has 1 saturated carbocycles. The van der Waals surface area contributed by atoms with Gasteiger partial charge in [0.05, 0.1) is 11.6 Å². The van der Waals surface area contributed by atoms with Crippen LogP contribution in [0, 0.1) is 0 Å². The van der Waals surface area contributed by atoms with Gasteiger partial charge in [-0.25, -0.2) is 4.79 Å². The van der Waals surface area contributed by atoms with Crippen molar-refractivity contribution < 1.29 is 23.1 Å². The van der Waals surface area contributed by atoms with E-state index in [1.165, 1.54) is 12.7 Å². The summed E-state index contributed by atoms with van der Waals surface area (Å²) in [6, 6.07) is 8.85. The maximum absolute atomic E-state index is 13.1. The van der Waals surface area contributed by atoms with Crippen molar-refractivity contribution in [1.29, 1.82) is 0 Å². The van der Waals surface area contributed by atoms with Gasteiger partial charge in [-0.1, -0.05) is 19.4 Å². The first kappa shape index (κ1) is 19.3. The lowest BCUT2D eigenvalue weighted by molar-refractivity contribution is -0.152. The van der Waals surface area contributed by atoms with E-state index in [4.69, 9.17) is 18.3 Å². The SMILES string of the molecule is CCc1ccc2oc(-c3ccco3)c(OCC(=O)OC3CCCCC3)c(=O)c2c1. The second-order valence-corrected chi connectivity index (χ2v) is 7.29. The van der Waals surface area contributed by atoms with Crippen LogP contribution in [0.4, 0.5) is 0 Å². The maximum Gasteiger partial charge on any atom is 0.344 e. The lowest BCUT2D eigenvalue weighted by Crippen LogP contribution is -2.25. The van der Waals surface area contributed by atoms with E-state index in [-0.39, 0.29) is 29.6 Å². The first-order chi connectivity index (χ1) is 14.2. The number of hydrogen-bond acceptors (Lipinski definition) is 6. The molecule has 0 N–H and O–H groups in total. The molecule has 0 aliphatic heterocycles. The summed E-state index contributed by atoms with van der Waals surface area (Å²) >= 11 is 0. The first-order valence-electron chi connectivity index (χ1n) is 10.1. The number of fused-ring (bicyclic) bond motifs is 1. The predicted molar refractivity (Wildman–Crippen MR) is 108 cm³/mol. The standard InChI is InChI=1S/C23H24O6/c1-2-15-10-11-18-17(13-15)21(25)23(22(29-18)19-9-6-12-26-19)27-14-20(24)28-16-7-4-3-5-8-16/h6,9-13,16H,2-5,7-8,14H2,1H3. The van der Waals surface area contributed by atoms with Gasteiger partial charge in [-0.2, -0.15) is 0 Å². The molecule has 3 aromatic rings. The highest BCUT2D eigenvalue weighted by Crippen LogP contribution is 2.31. The topological polar surface area (TPSA) is 78.9 Å². The predicted octanol–water partition coefficient (Wildman–Crippen LogP) is 4.87. The van der Waals surface area contributed by atoms with Crippen LogP contribution < -0.4 is 10.2 Å². The average Bonchev–Trinajstić information content (AvgIpc) is 3.28. The van der Waals surface area contributed by atoms with Crippen molar-refractivity contribution in [3.05, 3.63) is 52.4 Å². The fraction of sp³-hybridized carbons (Fsp3) is 0.391. The van der Waals surface area contributed by atoms with Gasteiger partial charge in [0.2, 0.25) is 16.9 Å². The Labute approximate surface area is 168 Å². The molecule has 1 aliphatic carbocycles. The third-order valence-corrected chi connectivity index (χ3v) is 5.25. The Hall–Kier alpha value is -3.02. The Kier molecular flexibility index (Phi) is 5.69. The van der Waals surface area contributed by atoms with Gasteiger partial charge < -0.3 is 18.3 Å².